The zero-order valence-corrected chi connectivity index (χ0v) is 13.6. The van der Waals surface area contributed by atoms with Crippen molar-refractivity contribution in [2.45, 2.75) is 18.2 Å². The molecule has 0 amide bonds. The van der Waals surface area contributed by atoms with Gasteiger partial charge in [-0.25, -0.2) is 0 Å². The second-order valence-electron chi connectivity index (χ2n) is 5.26. The molecule has 1 atom stereocenters. The molecule has 0 N–H and O–H groups in total. The van der Waals surface area contributed by atoms with Gasteiger partial charge in [-0.15, -0.1) is 11.6 Å². The standard InChI is InChI=1S/C17H17BrClN/c18-16-10-13(11-19)6-7-17(16)20-9-8-15(12-20)14-4-2-1-3-5-14/h1-7,10,15H,8-9,11-12H2. The summed E-state index contributed by atoms with van der Waals surface area (Å²) in [7, 11) is 0. The van der Waals surface area contributed by atoms with Crippen molar-refractivity contribution in [2.75, 3.05) is 18.0 Å². The lowest BCUT2D eigenvalue weighted by molar-refractivity contribution is 0.775. The second kappa shape index (κ2) is 6.19. The zero-order chi connectivity index (χ0) is 13.9. The topological polar surface area (TPSA) is 3.24 Å². The van der Waals surface area contributed by atoms with Crippen LogP contribution in [0.1, 0.15) is 23.5 Å². The van der Waals surface area contributed by atoms with Crippen LogP contribution >= 0.6 is 27.5 Å². The molecule has 20 heavy (non-hydrogen) atoms. The normalized spacial score (nSPS) is 18.5. The molecule has 2 aromatic rings. The maximum Gasteiger partial charge on any atom is 0.0511 e. The van der Waals surface area contributed by atoms with Gasteiger partial charge in [-0.1, -0.05) is 36.4 Å². The number of nitrogens with zero attached hydrogens (tertiary/aromatic N) is 1. The van der Waals surface area contributed by atoms with Gasteiger partial charge >= 0.3 is 0 Å². The summed E-state index contributed by atoms with van der Waals surface area (Å²) in [4.78, 5) is 2.46. The van der Waals surface area contributed by atoms with Gasteiger partial charge in [-0.3, -0.25) is 0 Å². The van der Waals surface area contributed by atoms with E-state index in [0.29, 0.717) is 11.8 Å². The first kappa shape index (κ1) is 14.0. The molecule has 0 aromatic heterocycles. The maximum absolute atomic E-state index is 5.88. The molecule has 2 aromatic carbocycles. The fourth-order valence-corrected chi connectivity index (χ4v) is 3.71. The predicted octanol–water partition coefficient (Wildman–Crippen LogP) is 5.18. The Kier molecular flexibility index (Phi) is 4.32. The molecular weight excluding hydrogens is 334 g/mol. The molecule has 0 spiro atoms. The molecule has 0 aliphatic carbocycles. The minimum absolute atomic E-state index is 0.561. The maximum atomic E-state index is 5.88. The Morgan fingerprint density at radius 2 is 1.95 bits per heavy atom. The fraction of sp³-hybridized carbons (Fsp3) is 0.294. The highest BCUT2D eigenvalue weighted by atomic mass is 79.9. The van der Waals surface area contributed by atoms with Gasteiger partial charge in [-0.05, 0) is 45.6 Å². The van der Waals surface area contributed by atoms with E-state index in [1.54, 1.807) is 0 Å². The molecule has 104 valence electrons. The fourth-order valence-electron chi connectivity index (χ4n) is 2.87. The van der Waals surface area contributed by atoms with Crippen molar-refractivity contribution in [1.82, 2.24) is 0 Å². The number of halogens is 2. The summed E-state index contributed by atoms with van der Waals surface area (Å²) < 4.78 is 1.14. The summed E-state index contributed by atoms with van der Waals surface area (Å²) in [6, 6.07) is 17.2. The molecule has 1 saturated heterocycles. The minimum Gasteiger partial charge on any atom is -0.370 e. The Morgan fingerprint density at radius 3 is 2.65 bits per heavy atom. The quantitative estimate of drug-likeness (QED) is 0.689. The van der Waals surface area contributed by atoms with Crippen molar-refractivity contribution in [2.24, 2.45) is 0 Å². The van der Waals surface area contributed by atoms with Crippen molar-refractivity contribution in [3.8, 4) is 0 Å². The summed E-state index contributed by atoms with van der Waals surface area (Å²) >= 11 is 9.55. The van der Waals surface area contributed by atoms with Crippen molar-refractivity contribution in [3.05, 3.63) is 64.1 Å². The van der Waals surface area contributed by atoms with Crippen LogP contribution in [0.25, 0.3) is 0 Å². The van der Waals surface area contributed by atoms with E-state index < -0.39 is 0 Å². The first-order chi connectivity index (χ1) is 9.78. The molecule has 0 bridgehead atoms. The number of anilines is 1. The van der Waals surface area contributed by atoms with Crippen LogP contribution in [0, 0.1) is 0 Å². The van der Waals surface area contributed by atoms with Gasteiger partial charge in [0.1, 0.15) is 0 Å². The Bertz CT molecular complexity index is 585. The Balaban J connectivity index is 1.77. The molecule has 1 aliphatic rings. The third-order valence-electron chi connectivity index (χ3n) is 3.97. The highest BCUT2D eigenvalue weighted by Gasteiger charge is 2.24. The van der Waals surface area contributed by atoms with Gasteiger partial charge in [0.15, 0.2) is 0 Å². The molecular formula is C17H17BrClN. The van der Waals surface area contributed by atoms with Gasteiger partial charge < -0.3 is 4.90 Å². The summed E-state index contributed by atoms with van der Waals surface area (Å²) in [6.07, 6.45) is 1.22. The lowest BCUT2D eigenvalue weighted by Gasteiger charge is -2.21. The van der Waals surface area contributed by atoms with E-state index in [4.69, 9.17) is 11.6 Å². The lowest BCUT2D eigenvalue weighted by atomic mass is 9.99. The third-order valence-corrected chi connectivity index (χ3v) is 4.91. The predicted molar refractivity (Wildman–Crippen MR) is 89.7 cm³/mol. The van der Waals surface area contributed by atoms with Crippen LogP contribution in [0.4, 0.5) is 5.69 Å². The van der Waals surface area contributed by atoms with Gasteiger partial charge in [0.25, 0.3) is 0 Å². The smallest absolute Gasteiger partial charge is 0.0511 e. The second-order valence-corrected chi connectivity index (χ2v) is 6.38. The molecule has 0 radical (unpaired) electrons. The largest absolute Gasteiger partial charge is 0.370 e. The number of benzene rings is 2. The molecule has 1 aliphatic heterocycles. The number of alkyl halides is 1. The molecule has 1 nitrogen and oxygen atoms in total. The number of rotatable bonds is 3. The molecule has 3 rings (SSSR count). The first-order valence-corrected chi connectivity index (χ1v) is 8.25. The van der Waals surface area contributed by atoms with Crippen LogP contribution in [-0.4, -0.2) is 13.1 Å². The Morgan fingerprint density at radius 1 is 1.15 bits per heavy atom. The third kappa shape index (κ3) is 2.87. The molecule has 1 unspecified atom stereocenters. The van der Waals surface area contributed by atoms with Gasteiger partial charge in [0.2, 0.25) is 0 Å². The Hall–Kier alpha value is -0.990. The highest BCUT2D eigenvalue weighted by molar-refractivity contribution is 9.10. The zero-order valence-electron chi connectivity index (χ0n) is 11.2. The van der Waals surface area contributed by atoms with Crippen LogP contribution in [0.3, 0.4) is 0 Å². The summed E-state index contributed by atoms with van der Waals surface area (Å²) in [5.41, 5.74) is 3.88. The van der Waals surface area contributed by atoms with Crippen molar-refractivity contribution in [3.63, 3.8) is 0 Å². The van der Waals surface area contributed by atoms with Crippen LogP contribution in [0.5, 0.6) is 0 Å². The van der Waals surface area contributed by atoms with Crippen molar-refractivity contribution in [1.29, 1.82) is 0 Å². The van der Waals surface area contributed by atoms with Crippen LogP contribution in [0.15, 0.2) is 53.0 Å². The van der Waals surface area contributed by atoms with Crippen LogP contribution < -0.4 is 4.90 Å². The first-order valence-electron chi connectivity index (χ1n) is 6.92. The minimum atomic E-state index is 0.561. The lowest BCUT2D eigenvalue weighted by Crippen LogP contribution is -2.19. The van der Waals surface area contributed by atoms with E-state index >= 15 is 0 Å². The molecule has 1 fully saturated rings. The van der Waals surface area contributed by atoms with E-state index in [1.165, 1.54) is 17.7 Å². The summed E-state index contributed by atoms with van der Waals surface area (Å²) in [5.74, 6) is 1.20. The van der Waals surface area contributed by atoms with Crippen LogP contribution in [0.2, 0.25) is 0 Å². The van der Waals surface area contributed by atoms with Gasteiger partial charge in [0, 0.05) is 29.4 Å². The van der Waals surface area contributed by atoms with E-state index in [0.717, 1.165) is 23.1 Å². The molecule has 0 saturated carbocycles. The van der Waals surface area contributed by atoms with E-state index in [9.17, 15) is 0 Å². The van der Waals surface area contributed by atoms with Gasteiger partial charge in [-0.2, -0.15) is 0 Å². The van der Waals surface area contributed by atoms with E-state index in [2.05, 4.69) is 69.4 Å². The summed E-state index contributed by atoms with van der Waals surface area (Å²) in [6.45, 7) is 2.20. The molecule has 1 heterocycles. The highest BCUT2D eigenvalue weighted by Crippen LogP contribution is 2.35. The van der Waals surface area contributed by atoms with Crippen molar-refractivity contribution >= 4 is 33.2 Å². The number of hydrogen-bond donors (Lipinski definition) is 0. The average molecular weight is 351 g/mol. The van der Waals surface area contributed by atoms with Crippen LogP contribution in [-0.2, 0) is 5.88 Å². The number of hydrogen-bond acceptors (Lipinski definition) is 1. The summed E-state index contributed by atoms with van der Waals surface area (Å²) in [5, 5.41) is 0. The Labute approximate surface area is 133 Å². The van der Waals surface area contributed by atoms with E-state index in [1.807, 2.05) is 0 Å². The van der Waals surface area contributed by atoms with E-state index in [-0.39, 0.29) is 0 Å². The van der Waals surface area contributed by atoms with Gasteiger partial charge in [0.05, 0.1) is 5.69 Å². The SMILES string of the molecule is ClCc1ccc(N2CCC(c3ccccc3)C2)c(Br)c1. The molecule has 3 heteroatoms. The monoisotopic (exact) mass is 349 g/mol. The van der Waals surface area contributed by atoms with Crippen molar-refractivity contribution < 1.29 is 0 Å². The average Bonchev–Trinajstić information content (AvgIpc) is 2.97.